The molecule has 0 spiro atoms. The van der Waals surface area contributed by atoms with E-state index in [1.54, 1.807) is 12.2 Å². The molecular weight excluding hydrogens is 245 g/mol. The summed E-state index contributed by atoms with van der Waals surface area (Å²) in [5.74, 6) is -0.197. The first-order valence-electron chi connectivity index (χ1n) is 4.74. The highest BCUT2D eigenvalue weighted by molar-refractivity contribution is 8.13. The van der Waals surface area contributed by atoms with E-state index in [4.69, 9.17) is 0 Å². The Hall–Kier alpha value is -1.69. The molecule has 0 N–H and O–H groups in total. The number of rotatable bonds is 4. The molecular formula is C11H10FNO3S. The third kappa shape index (κ3) is 4.78. The summed E-state index contributed by atoms with van der Waals surface area (Å²) in [6, 6.07) is 3.33. The number of nitrogens with zero attached hydrogens (tertiary/aromatic N) is 1. The van der Waals surface area contributed by atoms with Gasteiger partial charge in [-0.2, -0.15) is 0 Å². The Kier molecular flexibility index (Phi) is 4.84. The average molecular weight is 255 g/mol. The van der Waals surface area contributed by atoms with Crippen LogP contribution in [0.2, 0.25) is 0 Å². The standard InChI is InChI=1S/C11H10FNO3S/c1-8(14)17-4-2-3-9-5-10(12)7-11(6-9)13(15)16/h2-3,5-7H,4H2,1H3. The van der Waals surface area contributed by atoms with Crippen molar-refractivity contribution >= 4 is 28.6 Å². The molecule has 1 aromatic rings. The molecule has 0 unspecified atom stereocenters. The highest BCUT2D eigenvalue weighted by atomic mass is 32.2. The largest absolute Gasteiger partial charge is 0.288 e. The Morgan fingerprint density at radius 1 is 1.53 bits per heavy atom. The summed E-state index contributed by atoms with van der Waals surface area (Å²) in [6.45, 7) is 1.45. The Morgan fingerprint density at radius 2 is 2.24 bits per heavy atom. The molecule has 0 heterocycles. The van der Waals surface area contributed by atoms with Crippen molar-refractivity contribution in [3.05, 3.63) is 45.8 Å². The molecule has 0 fully saturated rings. The van der Waals surface area contributed by atoms with E-state index >= 15 is 0 Å². The second-order valence-electron chi connectivity index (χ2n) is 3.20. The summed E-state index contributed by atoms with van der Waals surface area (Å²) in [5.41, 5.74) is 0.115. The molecule has 1 aromatic carbocycles. The Morgan fingerprint density at radius 3 is 2.82 bits per heavy atom. The predicted octanol–water partition coefficient (Wildman–Crippen LogP) is 3.03. The van der Waals surface area contributed by atoms with E-state index < -0.39 is 10.7 Å². The number of benzene rings is 1. The van der Waals surface area contributed by atoms with Gasteiger partial charge < -0.3 is 0 Å². The van der Waals surface area contributed by atoms with Crippen molar-refractivity contribution in [1.82, 2.24) is 0 Å². The van der Waals surface area contributed by atoms with Gasteiger partial charge in [0.1, 0.15) is 5.82 Å². The first kappa shape index (κ1) is 13.4. The van der Waals surface area contributed by atoms with Crippen LogP contribution >= 0.6 is 11.8 Å². The quantitative estimate of drug-likeness (QED) is 0.613. The molecule has 0 amide bonds. The van der Waals surface area contributed by atoms with E-state index in [0.717, 1.165) is 17.8 Å². The number of hydrogen-bond acceptors (Lipinski definition) is 4. The molecule has 0 bridgehead atoms. The van der Waals surface area contributed by atoms with Crippen LogP contribution in [0.5, 0.6) is 0 Å². The van der Waals surface area contributed by atoms with E-state index in [0.29, 0.717) is 11.3 Å². The number of halogens is 1. The molecule has 0 atom stereocenters. The van der Waals surface area contributed by atoms with Crippen LogP contribution in [0.1, 0.15) is 12.5 Å². The second kappa shape index (κ2) is 6.15. The van der Waals surface area contributed by atoms with Crippen molar-refractivity contribution in [3.63, 3.8) is 0 Å². The van der Waals surface area contributed by atoms with Crippen LogP contribution in [0, 0.1) is 15.9 Å². The summed E-state index contributed by atoms with van der Waals surface area (Å²) in [5, 5.41) is 10.5. The zero-order valence-corrected chi connectivity index (χ0v) is 9.87. The Bertz CT molecular complexity index is 474. The topological polar surface area (TPSA) is 60.2 Å². The van der Waals surface area contributed by atoms with Crippen molar-refractivity contribution in [3.8, 4) is 0 Å². The molecule has 17 heavy (non-hydrogen) atoms. The lowest BCUT2D eigenvalue weighted by Gasteiger charge is -1.96. The van der Waals surface area contributed by atoms with E-state index in [1.165, 1.54) is 19.1 Å². The summed E-state index contributed by atoms with van der Waals surface area (Å²) in [7, 11) is 0. The van der Waals surface area contributed by atoms with E-state index in [2.05, 4.69) is 0 Å². The number of carbonyl (C=O) groups is 1. The number of nitro benzene ring substituents is 1. The van der Waals surface area contributed by atoms with Gasteiger partial charge in [0.25, 0.3) is 5.69 Å². The first-order valence-corrected chi connectivity index (χ1v) is 5.72. The molecule has 0 aliphatic heterocycles. The maximum absolute atomic E-state index is 13.0. The van der Waals surface area contributed by atoms with E-state index in [-0.39, 0.29) is 10.8 Å². The SMILES string of the molecule is CC(=O)SCC=Cc1cc(F)cc([N+](=O)[O-])c1. The average Bonchev–Trinajstić information content (AvgIpc) is 2.23. The van der Waals surface area contributed by atoms with Crippen LogP contribution < -0.4 is 0 Å². The molecule has 6 heteroatoms. The molecule has 0 saturated carbocycles. The highest BCUT2D eigenvalue weighted by Gasteiger charge is 2.07. The Labute approximate surface area is 102 Å². The highest BCUT2D eigenvalue weighted by Crippen LogP contribution is 2.17. The van der Waals surface area contributed by atoms with Crippen molar-refractivity contribution in [2.45, 2.75) is 6.92 Å². The van der Waals surface area contributed by atoms with Gasteiger partial charge in [-0.25, -0.2) is 4.39 Å². The number of hydrogen-bond donors (Lipinski definition) is 0. The van der Waals surface area contributed by atoms with Crippen LogP contribution in [-0.4, -0.2) is 15.8 Å². The number of carbonyl (C=O) groups excluding carboxylic acids is 1. The lowest BCUT2D eigenvalue weighted by molar-refractivity contribution is -0.385. The fourth-order valence-corrected chi connectivity index (χ4v) is 1.57. The molecule has 0 aliphatic rings. The van der Waals surface area contributed by atoms with Crippen molar-refractivity contribution in [2.75, 3.05) is 5.75 Å². The van der Waals surface area contributed by atoms with Gasteiger partial charge in [-0.1, -0.05) is 23.9 Å². The summed E-state index contributed by atoms with van der Waals surface area (Å²) in [4.78, 5) is 20.5. The third-order valence-corrected chi connectivity index (χ3v) is 2.57. The Balaban J connectivity index is 2.77. The minimum atomic E-state index is -0.655. The monoisotopic (exact) mass is 255 g/mol. The van der Waals surface area contributed by atoms with E-state index in [1.807, 2.05) is 0 Å². The normalized spacial score (nSPS) is 10.7. The summed E-state index contributed by atoms with van der Waals surface area (Å²) in [6.07, 6.45) is 3.20. The minimum absolute atomic E-state index is 0.0140. The molecule has 0 saturated heterocycles. The van der Waals surface area contributed by atoms with Crippen LogP contribution in [0.3, 0.4) is 0 Å². The molecule has 90 valence electrons. The van der Waals surface area contributed by atoms with Gasteiger partial charge in [-0.3, -0.25) is 14.9 Å². The number of non-ortho nitro benzene ring substituents is 1. The van der Waals surface area contributed by atoms with Crippen molar-refractivity contribution in [1.29, 1.82) is 0 Å². The lowest BCUT2D eigenvalue weighted by Crippen LogP contribution is -1.90. The zero-order valence-electron chi connectivity index (χ0n) is 9.05. The van der Waals surface area contributed by atoms with Gasteiger partial charge in [0.05, 0.1) is 11.0 Å². The fraction of sp³-hybridized carbons (Fsp3) is 0.182. The van der Waals surface area contributed by atoms with Crippen molar-refractivity contribution < 1.29 is 14.1 Å². The maximum Gasteiger partial charge on any atom is 0.272 e. The van der Waals surface area contributed by atoms with Gasteiger partial charge in [-0.15, -0.1) is 0 Å². The lowest BCUT2D eigenvalue weighted by atomic mass is 10.2. The summed E-state index contributed by atoms with van der Waals surface area (Å²) >= 11 is 1.11. The predicted molar refractivity (Wildman–Crippen MR) is 65.2 cm³/mol. The van der Waals surface area contributed by atoms with Crippen molar-refractivity contribution in [2.24, 2.45) is 0 Å². The van der Waals surface area contributed by atoms with Gasteiger partial charge >= 0.3 is 0 Å². The smallest absolute Gasteiger partial charge is 0.272 e. The van der Waals surface area contributed by atoms with Gasteiger partial charge in [0, 0.05) is 18.7 Å². The number of nitro groups is 1. The van der Waals surface area contributed by atoms with Gasteiger partial charge in [0.2, 0.25) is 0 Å². The van der Waals surface area contributed by atoms with Gasteiger partial charge in [0.15, 0.2) is 5.12 Å². The number of thioether (sulfide) groups is 1. The third-order valence-electron chi connectivity index (χ3n) is 1.81. The molecule has 1 rings (SSSR count). The first-order chi connectivity index (χ1) is 7.99. The zero-order chi connectivity index (χ0) is 12.8. The van der Waals surface area contributed by atoms with Crippen LogP contribution in [0.15, 0.2) is 24.3 Å². The maximum atomic E-state index is 13.0. The molecule has 4 nitrogen and oxygen atoms in total. The van der Waals surface area contributed by atoms with Crippen LogP contribution in [0.4, 0.5) is 10.1 Å². The van der Waals surface area contributed by atoms with Crippen LogP contribution in [-0.2, 0) is 4.79 Å². The van der Waals surface area contributed by atoms with Gasteiger partial charge in [-0.05, 0) is 11.6 Å². The summed E-state index contributed by atoms with van der Waals surface area (Å²) < 4.78 is 13.0. The molecule has 0 aromatic heterocycles. The second-order valence-corrected chi connectivity index (χ2v) is 4.40. The van der Waals surface area contributed by atoms with Crippen LogP contribution in [0.25, 0.3) is 6.08 Å². The molecule has 0 radical (unpaired) electrons. The van der Waals surface area contributed by atoms with E-state index in [9.17, 15) is 19.3 Å². The fourth-order valence-electron chi connectivity index (χ4n) is 1.15. The minimum Gasteiger partial charge on any atom is -0.288 e. The molecule has 0 aliphatic carbocycles.